The van der Waals surface area contributed by atoms with Gasteiger partial charge in [-0.1, -0.05) is 84.2 Å². The van der Waals surface area contributed by atoms with Crippen molar-refractivity contribution in [2.45, 2.75) is 10.7 Å². The molecule has 0 saturated heterocycles. The number of thioether (sulfide) groups is 2. The van der Waals surface area contributed by atoms with Gasteiger partial charge in [-0.2, -0.15) is 0 Å². The zero-order chi connectivity index (χ0) is 13.4. The van der Waals surface area contributed by atoms with Crippen molar-refractivity contribution in [3.8, 4) is 0 Å². The van der Waals surface area contributed by atoms with Gasteiger partial charge in [0, 0.05) is 11.1 Å². The van der Waals surface area contributed by atoms with Gasteiger partial charge in [0.05, 0.1) is 0 Å². The van der Waals surface area contributed by atoms with Gasteiger partial charge in [-0.25, -0.2) is 0 Å². The normalized spacial score (nSPS) is 24.2. The summed E-state index contributed by atoms with van der Waals surface area (Å²) in [6.45, 7) is 0. The van der Waals surface area contributed by atoms with Crippen LogP contribution in [-0.2, 0) is 0 Å². The Morgan fingerprint density at radius 3 is 1.40 bits per heavy atom. The molecule has 2 aromatic carbocycles. The van der Waals surface area contributed by atoms with Crippen LogP contribution in [-0.4, -0.2) is 20.8 Å². The Hall–Kier alpha value is -1.52. The van der Waals surface area contributed by atoms with Crippen LogP contribution in [0, 0.1) is 0 Å². The van der Waals surface area contributed by atoms with E-state index in [0.29, 0.717) is 0 Å². The first-order valence-corrected chi connectivity index (χ1v) is 8.26. The van der Waals surface area contributed by atoms with Gasteiger partial charge >= 0.3 is 0 Å². The van der Waals surface area contributed by atoms with Crippen LogP contribution in [0.1, 0.15) is 11.1 Å². The number of nitrogens with zero attached hydrogens (tertiary/aromatic N) is 2. The van der Waals surface area contributed by atoms with Crippen LogP contribution in [0.5, 0.6) is 0 Å². The minimum atomic E-state index is 0.227. The van der Waals surface area contributed by atoms with Crippen molar-refractivity contribution in [2.75, 3.05) is 0 Å². The van der Waals surface area contributed by atoms with Crippen molar-refractivity contribution in [2.24, 2.45) is 9.98 Å². The summed E-state index contributed by atoms with van der Waals surface area (Å²) in [5.41, 5.74) is 2.40. The van der Waals surface area contributed by atoms with Gasteiger partial charge in [0.15, 0.2) is 0 Å². The average Bonchev–Trinajstić information content (AvgIpc) is 3.08. The maximum atomic E-state index is 4.82. The van der Waals surface area contributed by atoms with E-state index in [4.69, 9.17) is 9.98 Å². The molecule has 4 rings (SSSR count). The highest BCUT2D eigenvalue weighted by atomic mass is 32.2. The van der Waals surface area contributed by atoms with E-state index < -0.39 is 0 Å². The molecular formula is C16H12N2S2. The number of hydrogen-bond acceptors (Lipinski definition) is 4. The van der Waals surface area contributed by atoms with E-state index in [2.05, 4.69) is 48.5 Å². The zero-order valence-corrected chi connectivity index (χ0v) is 12.3. The zero-order valence-electron chi connectivity index (χ0n) is 10.6. The Labute approximate surface area is 126 Å². The molecule has 0 fully saturated rings. The number of rotatable bonds is 2. The molecule has 98 valence electrons. The van der Waals surface area contributed by atoms with Crippen molar-refractivity contribution in [1.29, 1.82) is 0 Å². The largest absolute Gasteiger partial charge is 0.260 e. The predicted octanol–water partition coefficient (Wildman–Crippen LogP) is 4.03. The highest BCUT2D eigenvalue weighted by Gasteiger charge is 2.37. The molecule has 2 nitrogen and oxygen atoms in total. The smallest absolute Gasteiger partial charge is 0.134 e. The summed E-state index contributed by atoms with van der Waals surface area (Å²) >= 11 is 3.55. The summed E-state index contributed by atoms with van der Waals surface area (Å²) in [5, 5.41) is 2.68. The van der Waals surface area contributed by atoms with Gasteiger partial charge < -0.3 is 0 Å². The van der Waals surface area contributed by atoms with E-state index in [-0.39, 0.29) is 10.7 Å². The summed E-state index contributed by atoms with van der Waals surface area (Å²) in [6.07, 6.45) is 0. The molecular weight excluding hydrogens is 284 g/mol. The van der Waals surface area contributed by atoms with Gasteiger partial charge in [-0.15, -0.1) is 0 Å². The van der Waals surface area contributed by atoms with Crippen LogP contribution in [0.15, 0.2) is 70.6 Å². The van der Waals surface area contributed by atoms with Crippen molar-refractivity contribution >= 4 is 33.6 Å². The lowest BCUT2D eigenvalue weighted by atomic mass is 10.2. The maximum absolute atomic E-state index is 4.82. The molecule has 0 saturated carbocycles. The van der Waals surface area contributed by atoms with E-state index in [0.717, 1.165) is 10.1 Å². The molecule has 2 atom stereocenters. The third-order valence-electron chi connectivity index (χ3n) is 3.24. The molecule has 2 heterocycles. The van der Waals surface area contributed by atoms with Crippen LogP contribution in [0.2, 0.25) is 0 Å². The highest BCUT2D eigenvalue weighted by molar-refractivity contribution is 8.20. The monoisotopic (exact) mass is 296 g/mol. The molecule has 0 aromatic heterocycles. The first kappa shape index (κ1) is 12.2. The summed E-state index contributed by atoms with van der Waals surface area (Å²) in [5.74, 6) is 0. The topological polar surface area (TPSA) is 24.7 Å². The van der Waals surface area contributed by atoms with Gasteiger partial charge in [-0.3, -0.25) is 9.98 Å². The fraction of sp³-hybridized carbons (Fsp3) is 0.125. The van der Waals surface area contributed by atoms with Crippen molar-refractivity contribution in [1.82, 2.24) is 0 Å². The van der Waals surface area contributed by atoms with Gasteiger partial charge in [0.2, 0.25) is 0 Å². The van der Waals surface area contributed by atoms with Crippen molar-refractivity contribution < 1.29 is 0 Å². The van der Waals surface area contributed by atoms with Crippen LogP contribution in [0.3, 0.4) is 0 Å². The molecule has 2 aliphatic rings. The van der Waals surface area contributed by atoms with E-state index in [1.54, 1.807) is 23.5 Å². The van der Waals surface area contributed by atoms with E-state index in [1.807, 2.05) is 12.1 Å². The maximum Gasteiger partial charge on any atom is 0.134 e. The van der Waals surface area contributed by atoms with Gasteiger partial charge in [0.1, 0.15) is 20.8 Å². The average molecular weight is 296 g/mol. The molecule has 0 amide bonds. The van der Waals surface area contributed by atoms with E-state index in [1.165, 1.54) is 11.1 Å². The summed E-state index contributed by atoms with van der Waals surface area (Å²) in [4.78, 5) is 9.65. The van der Waals surface area contributed by atoms with Crippen LogP contribution >= 0.6 is 23.5 Å². The molecule has 0 aliphatic carbocycles. The van der Waals surface area contributed by atoms with Gasteiger partial charge in [0.25, 0.3) is 0 Å². The third-order valence-corrected chi connectivity index (χ3v) is 5.75. The second-order valence-electron chi connectivity index (χ2n) is 4.62. The van der Waals surface area contributed by atoms with Crippen LogP contribution in [0.25, 0.3) is 0 Å². The molecule has 2 aliphatic heterocycles. The third kappa shape index (κ3) is 2.19. The SMILES string of the molecule is c1ccc(C2=N[C@H]3SC(c4ccccc4)=N[C@H]3S2)cc1. The molecule has 0 unspecified atom stereocenters. The number of benzene rings is 2. The van der Waals surface area contributed by atoms with E-state index in [9.17, 15) is 0 Å². The molecule has 2 aromatic rings. The lowest BCUT2D eigenvalue weighted by Crippen LogP contribution is -2.03. The lowest BCUT2D eigenvalue weighted by molar-refractivity contribution is 0.898. The Balaban J connectivity index is 1.56. The Kier molecular flexibility index (Phi) is 3.13. The van der Waals surface area contributed by atoms with Crippen molar-refractivity contribution in [3.05, 3.63) is 71.8 Å². The molecule has 20 heavy (non-hydrogen) atoms. The second kappa shape index (κ2) is 5.11. The first-order chi connectivity index (χ1) is 9.90. The molecule has 4 heteroatoms. The Morgan fingerprint density at radius 1 is 0.600 bits per heavy atom. The molecule has 0 bridgehead atoms. The minimum absolute atomic E-state index is 0.227. The lowest BCUT2D eigenvalue weighted by Gasteiger charge is -2.02. The number of fused-ring (bicyclic) bond motifs is 1. The molecule has 0 N–H and O–H groups in total. The summed E-state index contributed by atoms with van der Waals surface area (Å²) < 4.78 is 0. The highest BCUT2D eigenvalue weighted by Crippen LogP contribution is 2.43. The quantitative estimate of drug-likeness (QED) is 0.836. The fourth-order valence-corrected chi connectivity index (χ4v) is 4.75. The van der Waals surface area contributed by atoms with Crippen LogP contribution in [0.4, 0.5) is 0 Å². The first-order valence-electron chi connectivity index (χ1n) is 6.50. The summed E-state index contributed by atoms with van der Waals surface area (Å²) in [7, 11) is 0. The minimum Gasteiger partial charge on any atom is -0.260 e. The molecule has 0 spiro atoms. The van der Waals surface area contributed by atoms with Crippen LogP contribution < -0.4 is 0 Å². The van der Waals surface area contributed by atoms with Gasteiger partial charge in [-0.05, 0) is 0 Å². The number of hydrogen-bond donors (Lipinski definition) is 0. The van der Waals surface area contributed by atoms with E-state index >= 15 is 0 Å². The molecule has 0 radical (unpaired) electrons. The Morgan fingerprint density at radius 2 is 1.00 bits per heavy atom. The number of aliphatic imine (C=N–C) groups is 2. The Bertz CT molecular complexity index is 619. The fourth-order valence-electron chi connectivity index (χ4n) is 2.26. The summed E-state index contributed by atoms with van der Waals surface area (Å²) in [6, 6.07) is 20.7. The van der Waals surface area contributed by atoms with Crippen molar-refractivity contribution in [3.63, 3.8) is 0 Å². The second-order valence-corrected chi connectivity index (χ2v) is 6.83. The predicted molar refractivity (Wildman–Crippen MR) is 88.7 cm³/mol. The standard InChI is InChI=1S/C16H12N2S2/c1-3-7-11(8-4-1)13-17-15-16(19-13)18-14(20-15)12-9-5-2-6-10-12/h1-10,15-16H/t15-,16-/m0/s1.